The molecule has 0 saturated carbocycles. The molecule has 3 aromatic rings. The highest BCUT2D eigenvalue weighted by Crippen LogP contribution is 2.27. The molecule has 1 aromatic carbocycles. The summed E-state index contributed by atoms with van der Waals surface area (Å²) in [5.41, 5.74) is 2.68. The van der Waals surface area contributed by atoms with E-state index in [-0.39, 0.29) is 6.10 Å². The Balaban J connectivity index is 1.61. The van der Waals surface area contributed by atoms with E-state index < -0.39 is 5.95 Å². The molecule has 0 unspecified atom stereocenters. The van der Waals surface area contributed by atoms with Crippen molar-refractivity contribution in [1.29, 1.82) is 0 Å². The number of aromatic nitrogens is 2. The molecule has 0 bridgehead atoms. The number of nitrogens with zero attached hydrogens (tertiary/aromatic N) is 3. The van der Waals surface area contributed by atoms with Crippen molar-refractivity contribution >= 4 is 28.6 Å². The third-order valence-electron chi connectivity index (χ3n) is 4.63. The Morgan fingerprint density at radius 2 is 1.84 bits per heavy atom. The predicted octanol–water partition coefficient (Wildman–Crippen LogP) is 4.58. The molecule has 4 rings (SSSR count). The van der Waals surface area contributed by atoms with Crippen LogP contribution in [-0.2, 0) is 4.29 Å². The van der Waals surface area contributed by atoms with E-state index in [1.54, 1.807) is 6.07 Å². The van der Waals surface area contributed by atoms with Crippen LogP contribution in [0.1, 0.15) is 12.8 Å². The van der Waals surface area contributed by atoms with Crippen molar-refractivity contribution in [2.24, 2.45) is 0 Å². The summed E-state index contributed by atoms with van der Waals surface area (Å²) in [6, 6.07) is 13.3. The van der Waals surface area contributed by atoms with Crippen LogP contribution in [0.4, 0.5) is 10.2 Å². The first-order chi connectivity index (χ1) is 12.2. The van der Waals surface area contributed by atoms with E-state index in [1.807, 2.05) is 24.3 Å². The first-order valence-corrected chi connectivity index (χ1v) is 8.59. The first-order valence-electron chi connectivity index (χ1n) is 8.28. The Morgan fingerprint density at radius 3 is 2.60 bits per heavy atom. The van der Waals surface area contributed by atoms with Crippen LogP contribution < -0.4 is 4.90 Å². The monoisotopic (exact) mass is 357 g/mol. The van der Waals surface area contributed by atoms with E-state index in [4.69, 9.17) is 21.1 Å². The molecule has 1 aliphatic rings. The van der Waals surface area contributed by atoms with Gasteiger partial charge in [0.15, 0.2) is 0 Å². The van der Waals surface area contributed by atoms with Crippen LogP contribution >= 0.6 is 11.9 Å². The van der Waals surface area contributed by atoms with E-state index in [1.165, 1.54) is 12.3 Å². The van der Waals surface area contributed by atoms with Gasteiger partial charge < -0.3 is 4.90 Å². The molecule has 1 aliphatic heterocycles. The van der Waals surface area contributed by atoms with Gasteiger partial charge >= 0.3 is 0 Å². The second-order valence-corrected chi connectivity index (χ2v) is 6.40. The second-order valence-electron chi connectivity index (χ2n) is 6.22. The maximum absolute atomic E-state index is 13.3. The average molecular weight is 358 g/mol. The SMILES string of the molecule is Fc1cc(-c2ccc3nc(N4CCC(OCl)CC4)ccc3c2)ccn1. The van der Waals surface area contributed by atoms with E-state index in [0.29, 0.717) is 0 Å². The van der Waals surface area contributed by atoms with Crippen molar-refractivity contribution in [3.8, 4) is 11.1 Å². The van der Waals surface area contributed by atoms with E-state index in [9.17, 15) is 4.39 Å². The van der Waals surface area contributed by atoms with Crippen molar-refractivity contribution < 1.29 is 8.68 Å². The Hall–Kier alpha value is -2.24. The molecule has 1 saturated heterocycles. The number of pyridine rings is 2. The fraction of sp³-hybridized carbons (Fsp3) is 0.263. The van der Waals surface area contributed by atoms with Crippen molar-refractivity contribution in [1.82, 2.24) is 9.97 Å². The zero-order valence-electron chi connectivity index (χ0n) is 13.5. The van der Waals surface area contributed by atoms with Crippen LogP contribution in [0.3, 0.4) is 0 Å². The smallest absolute Gasteiger partial charge is 0.213 e. The summed E-state index contributed by atoms with van der Waals surface area (Å²) in [7, 11) is 0. The maximum Gasteiger partial charge on any atom is 0.213 e. The Morgan fingerprint density at radius 1 is 1.04 bits per heavy atom. The van der Waals surface area contributed by atoms with Gasteiger partial charge in [0.05, 0.1) is 23.5 Å². The largest absolute Gasteiger partial charge is 0.356 e. The van der Waals surface area contributed by atoms with Gasteiger partial charge in [0, 0.05) is 30.7 Å². The first kappa shape index (κ1) is 16.2. The quantitative estimate of drug-likeness (QED) is 0.643. The van der Waals surface area contributed by atoms with Crippen molar-refractivity contribution in [3.05, 3.63) is 54.6 Å². The van der Waals surface area contributed by atoms with Gasteiger partial charge in [-0.1, -0.05) is 6.07 Å². The lowest BCUT2D eigenvalue weighted by atomic mass is 10.0. The fourth-order valence-electron chi connectivity index (χ4n) is 3.23. The number of fused-ring (bicyclic) bond motifs is 1. The number of hydrogen-bond donors (Lipinski definition) is 0. The summed E-state index contributed by atoms with van der Waals surface area (Å²) < 4.78 is 18.2. The number of hydrogen-bond acceptors (Lipinski definition) is 4. The van der Waals surface area contributed by atoms with Gasteiger partial charge in [0.2, 0.25) is 5.95 Å². The van der Waals surface area contributed by atoms with Gasteiger partial charge in [-0.3, -0.25) is 4.29 Å². The van der Waals surface area contributed by atoms with Crippen LogP contribution in [0.2, 0.25) is 0 Å². The fourth-order valence-corrected chi connectivity index (χ4v) is 3.40. The Bertz CT molecular complexity index is 897. The van der Waals surface area contributed by atoms with Gasteiger partial charge in [-0.25, -0.2) is 9.97 Å². The molecule has 2 aromatic heterocycles. The van der Waals surface area contributed by atoms with E-state index in [2.05, 4.69) is 16.0 Å². The Labute approximate surface area is 150 Å². The molecule has 4 nitrogen and oxygen atoms in total. The molecule has 25 heavy (non-hydrogen) atoms. The van der Waals surface area contributed by atoms with Crippen molar-refractivity contribution in [3.63, 3.8) is 0 Å². The van der Waals surface area contributed by atoms with Crippen LogP contribution in [0.15, 0.2) is 48.7 Å². The summed E-state index contributed by atoms with van der Waals surface area (Å²) in [5.74, 6) is 0.485. The highest BCUT2D eigenvalue weighted by atomic mass is 35.5. The summed E-state index contributed by atoms with van der Waals surface area (Å²) in [6.45, 7) is 1.76. The van der Waals surface area contributed by atoms with Gasteiger partial charge in [0.25, 0.3) is 0 Å². The summed E-state index contributed by atoms with van der Waals surface area (Å²) in [6.07, 6.45) is 3.40. The van der Waals surface area contributed by atoms with Gasteiger partial charge in [-0.2, -0.15) is 4.39 Å². The van der Waals surface area contributed by atoms with Crippen LogP contribution in [0.25, 0.3) is 22.0 Å². The normalized spacial score (nSPS) is 15.7. The molecule has 128 valence electrons. The minimum atomic E-state index is -0.476. The molecule has 6 heteroatoms. The third-order valence-corrected chi connectivity index (χ3v) is 4.88. The molecular weight excluding hydrogens is 341 g/mol. The van der Waals surface area contributed by atoms with Crippen LogP contribution in [0.5, 0.6) is 0 Å². The predicted molar refractivity (Wildman–Crippen MR) is 97.1 cm³/mol. The van der Waals surface area contributed by atoms with Crippen molar-refractivity contribution in [2.45, 2.75) is 18.9 Å². The standard InChI is InChI=1S/C19H17ClFN3O/c20-25-16-6-9-24(10-7-16)19-4-2-15-11-13(1-3-17(15)23-19)14-5-8-22-18(21)12-14/h1-5,8,11-12,16H,6-7,9-10H2. The van der Waals surface area contributed by atoms with E-state index in [0.717, 1.165) is 53.8 Å². The summed E-state index contributed by atoms with van der Waals surface area (Å²) >= 11 is 5.47. The molecule has 0 spiro atoms. The number of piperidine rings is 1. The molecule has 0 aliphatic carbocycles. The Kier molecular flexibility index (Phi) is 4.51. The average Bonchev–Trinajstić information content (AvgIpc) is 2.67. The molecule has 0 radical (unpaired) electrons. The molecule has 0 amide bonds. The highest BCUT2D eigenvalue weighted by molar-refractivity contribution is 6.07. The van der Waals surface area contributed by atoms with Gasteiger partial charge in [-0.15, -0.1) is 0 Å². The maximum atomic E-state index is 13.3. The lowest BCUT2D eigenvalue weighted by molar-refractivity contribution is 0.188. The summed E-state index contributed by atoms with van der Waals surface area (Å²) in [5, 5.41) is 1.03. The van der Waals surface area contributed by atoms with Gasteiger partial charge in [-0.05, 0) is 54.3 Å². The van der Waals surface area contributed by atoms with Gasteiger partial charge in [0.1, 0.15) is 5.82 Å². The second kappa shape index (κ2) is 6.94. The zero-order chi connectivity index (χ0) is 17.2. The lowest BCUT2D eigenvalue weighted by Crippen LogP contribution is -2.36. The van der Waals surface area contributed by atoms with E-state index >= 15 is 0 Å². The zero-order valence-corrected chi connectivity index (χ0v) is 14.3. The molecule has 0 N–H and O–H groups in total. The molecule has 3 heterocycles. The number of rotatable bonds is 3. The molecule has 0 atom stereocenters. The third kappa shape index (κ3) is 3.43. The topological polar surface area (TPSA) is 38.2 Å². The minimum Gasteiger partial charge on any atom is -0.356 e. The van der Waals surface area contributed by atoms with Crippen molar-refractivity contribution in [2.75, 3.05) is 18.0 Å². The van der Waals surface area contributed by atoms with Crippen LogP contribution in [0, 0.1) is 5.95 Å². The molecule has 1 fully saturated rings. The minimum absolute atomic E-state index is 0.127. The number of anilines is 1. The number of halogens is 2. The number of benzene rings is 1. The summed E-state index contributed by atoms with van der Waals surface area (Å²) in [4.78, 5) is 10.6. The lowest BCUT2D eigenvalue weighted by Gasteiger charge is -2.31. The van der Waals surface area contributed by atoms with Crippen LogP contribution in [-0.4, -0.2) is 29.2 Å². The highest BCUT2D eigenvalue weighted by Gasteiger charge is 2.20. The molecular formula is C19H17ClFN3O.